The number of primary amides is 1. The summed E-state index contributed by atoms with van der Waals surface area (Å²) in [7, 11) is 0. The van der Waals surface area contributed by atoms with Crippen molar-refractivity contribution < 1.29 is 14.3 Å². The molecule has 0 aromatic carbocycles. The van der Waals surface area contributed by atoms with Gasteiger partial charge in [-0.15, -0.1) is 0 Å². The molecule has 0 atom stereocenters. The molecule has 0 radical (unpaired) electrons. The van der Waals surface area contributed by atoms with Crippen LogP contribution in [0.15, 0.2) is 0 Å². The van der Waals surface area contributed by atoms with Crippen molar-refractivity contribution in [1.82, 2.24) is 5.32 Å². The van der Waals surface area contributed by atoms with Crippen molar-refractivity contribution in [2.75, 3.05) is 13.2 Å². The molecule has 0 rings (SSSR count). The van der Waals surface area contributed by atoms with Gasteiger partial charge in [0.2, 0.25) is 5.91 Å². The van der Waals surface area contributed by atoms with Gasteiger partial charge in [-0.05, 0) is 12.8 Å². The Bertz CT molecular complexity index is 317. The van der Waals surface area contributed by atoms with E-state index < -0.39 is 11.5 Å². The zero-order valence-corrected chi connectivity index (χ0v) is 11.0. The zero-order chi connectivity index (χ0) is 14.0. The first kappa shape index (κ1) is 16.2. The topological polar surface area (TPSA) is 105 Å². The number of ether oxygens (including phenoxy) is 1. The van der Waals surface area contributed by atoms with Gasteiger partial charge in [0.25, 0.3) is 0 Å². The van der Waals surface area contributed by atoms with Gasteiger partial charge in [0.1, 0.15) is 12.0 Å². The lowest BCUT2D eigenvalue weighted by molar-refractivity contribution is -0.129. The van der Waals surface area contributed by atoms with Crippen molar-refractivity contribution in [2.24, 2.45) is 11.1 Å². The monoisotopic (exact) mass is 255 g/mol. The van der Waals surface area contributed by atoms with Gasteiger partial charge in [-0.25, -0.2) is 4.79 Å². The van der Waals surface area contributed by atoms with Gasteiger partial charge in [-0.2, -0.15) is 5.26 Å². The Balaban J connectivity index is 4.38. The lowest BCUT2D eigenvalue weighted by Gasteiger charge is -2.24. The number of nitrogens with one attached hydrogen (secondary N) is 1. The maximum absolute atomic E-state index is 12.0. The molecule has 0 aliphatic carbocycles. The summed E-state index contributed by atoms with van der Waals surface area (Å²) in [5.74, 6) is -0.304. The van der Waals surface area contributed by atoms with Crippen molar-refractivity contribution in [3.8, 4) is 6.07 Å². The number of nitrogens with two attached hydrogens (primary N) is 1. The molecule has 18 heavy (non-hydrogen) atoms. The molecule has 6 heteroatoms. The second kappa shape index (κ2) is 8.34. The molecule has 0 unspecified atom stereocenters. The Kier molecular flexibility index (Phi) is 7.52. The first-order valence-corrected chi connectivity index (χ1v) is 6.14. The SMILES string of the molecule is CCCC(C#N)(CCC)C(=O)NCCOC(N)=O. The highest BCUT2D eigenvalue weighted by atomic mass is 16.5. The van der Waals surface area contributed by atoms with Crippen molar-refractivity contribution in [2.45, 2.75) is 39.5 Å². The molecule has 6 nitrogen and oxygen atoms in total. The second-order valence-electron chi connectivity index (χ2n) is 4.12. The van der Waals surface area contributed by atoms with Crippen molar-refractivity contribution in [3.05, 3.63) is 0 Å². The van der Waals surface area contributed by atoms with Crippen molar-refractivity contribution in [3.63, 3.8) is 0 Å². The van der Waals surface area contributed by atoms with Crippen molar-refractivity contribution in [1.29, 1.82) is 5.26 Å². The number of carbonyl (C=O) groups is 2. The number of amides is 2. The highest BCUT2D eigenvalue weighted by molar-refractivity contribution is 5.85. The number of nitrogens with zero attached hydrogens (tertiary/aromatic N) is 1. The third-order valence-electron chi connectivity index (χ3n) is 2.63. The molecule has 102 valence electrons. The average Bonchev–Trinajstić information content (AvgIpc) is 2.33. The summed E-state index contributed by atoms with van der Waals surface area (Å²) in [5.41, 5.74) is 3.81. The fourth-order valence-corrected chi connectivity index (χ4v) is 1.85. The third kappa shape index (κ3) is 5.04. The van der Waals surface area contributed by atoms with Crippen molar-refractivity contribution >= 4 is 12.0 Å². The van der Waals surface area contributed by atoms with Gasteiger partial charge in [0.15, 0.2) is 0 Å². The van der Waals surface area contributed by atoms with Gasteiger partial charge >= 0.3 is 6.09 Å². The van der Waals surface area contributed by atoms with E-state index in [0.29, 0.717) is 12.8 Å². The molecule has 0 aromatic rings. The van der Waals surface area contributed by atoms with Crippen LogP contribution in [-0.2, 0) is 9.53 Å². The van der Waals surface area contributed by atoms with E-state index in [2.05, 4.69) is 16.1 Å². The molecular formula is C12H21N3O3. The largest absolute Gasteiger partial charge is 0.448 e. The summed E-state index contributed by atoms with van der Waals surface area (Å²) in [5, 5.41) is 11.8. The molecule has 2 amide bonds. The van der Waals surface area contributed by atoms with Crippen LogP contribution in [0, 0.1) is 16.7 Å². The van der Waals surface area contributed by atoms with E-state index in [1.165, 1.54) is 0 Å². The Hall–Kier alpha value is -1.77. The van der Waals surface area contributed by atoms with E-state index in [4.69, 9.17) is 5.73 Å². The maximum atomic E-state index is 12.0. The third-order valence-corrected chi connectivity index (χ3v) is 2.63. The Labute approximate surface area is 107 Å². The van der Waals surface area contributed by atoms with Crippen LogP contribution in [0.2, 0.25) is 0 Å². The second-order valence-corrected chi connectivity index (χ2v) is 4.12. The highest BCUT2D eigenvalue weighted by Crippen LogP contribution is 2.29. The lowest BCUT2D eigenvalue weighted by atomic mass is 9.80. The van der Waals surface area contributed by atoms with Gasteiger partial charge < -0.3 is 15.8 Å². The van der Waals surface area contributed by atoms with Gasteiger partial charge in [-0.1, -0.05) is 26.7 Å². The summed E-state index contributed by atoms with van der Waals surface area (Å²) >= 11 is 0. The molecule has 0 aliphatic heterocycles. The summed E-state index contributed by atoms with van der Waals surface area (Å²) in [4.78, 5) is 22.4. The predicted molar refractivity (Wildman–Crippen MR) is 66.4 cm³/mol. The van der Waals surface area contributed by atoms with E-state index in [0.717, 1.165) is 12.8 Å². The summed E-state index contributed by atoms with van der Waals surface area (Å²) < 4.78 is 4.50. The van der Waals surface area contributed by atoms with Gasteiger partial charge in [0, 0.05) is 0 Å². The molecule has 0 bridgehead atoms. The molecule has 0 fully saturated rings. The molecule has 0 saturated heterocycles. The van der Waals surface area contributed by atoms with E-state index in [-0.39, 0.29) is 19.1 Å². The van der Waals surface area contributed by atoms with Gasteiger partial charge in [-0.3, -0.25) is 4.79 Å². The average molecular weight is 255 g/mol. The van der Waals surface area contributed by atoms with Crippen LogP contribution in [0.1, 0.15) is 39.5 Å². The van der Waals surface area contributed by atoms with E-state index in [1.54, 1.807) is 0 Å². The maximum Gasteiger partial charge on any atom is 0.404 e. The van der Waals surface area contributed by atoms with Gasteiger partial charge in [0.05, 0.1) is 12.6 Å². The normalized spacial score (nSPS) is 10.5. The lowest BCUT2D eigenvalue weighted by Crippen LogP contribution is -2.41. The summed E-state index contributed by atoms with van der Waals surface area (Å²) in [6, 6.07) is 2.12. The number of rotatable bonds is 8. The minimum absolute atomic E-state index is 0.0147. The van der Waals surface area contributed by atoms with E-state index in [1.807, 2.05) is 13.8 Å². The highest BCUT2D eigenvalue weighted by Gasteiger charge is 2.36. The fraction of sp³-hybridized carbons (Fsp3) is 0.750. The first-order valence-electron chi connectivity index (χ1n) is 6.14. The van der Waals surface area contributed by atoms with Crippen LogP contribution in [-0.4, -0.2) is 25.2 Å². The molecule has 3 N–H and O–H groups in total. The van der Waals surface area contributed by atoms with Crippen LogP contribution in [0.5, 0.6) is 0 Å². The number of hydrogen-bond acceptors (Lipinski definition) is 4. The van der Waals surface area contributed by atoms with Crippen LogP contribution in [0.4, 0.5) is 4.79 Å². The summed E-state index contributed by atoms with van der Waals surface area (Å²) in [6.45, 7) is 4.05. The van der Waals surface area contributed by atoms with E-state index in [9.17, 15) is 14.9 Å². The summed E-state index contributed by atoms with van der Waals surface area (Å²) in [6.07, 6.45) is 1.70. The molecular weight excluding hydrogens is 234 g/mol. The van der Waals surface area contributed by atoms with Crippen LogP contribution in [0.25, 0.3) is 0 Å². The van der Waals surface area contributed by atoms with E-state index >= 15 is 0 Å². The molecule has 0 spiro atoms. The number of carbonyl (C=O) groups excluding carboxylic acids is 2. The van der Waals surface area contributed by atoms with Crippen LogP contribution in [0.3, 0.4) is 0 Å². The first-order chi connectivity index (χ1) is 8.52. The Morgan fingerprint density at radius 1 is 1.33 bits per heavy atom. The molecule has 0 heterocycles. The van der Waals surface area contributed by atoms with Crippen LogP contribution >= 0.6 is 0 Å². The Morgan fingerprint density at radius 2 is 1.89 bits per heavy atom. The smallest absolute Gasteiger partial charge is 0.404 e. The fourth-order valence-electron chi connectivity index (χ4n) is 1.85. The minimum atomic E-state index is -0.976. The standard InChI is InChI=1S/C12H21N3O3/c1-3-5-12(9-13,6-4-2)10(16)15-7-8-18-11(14)17/h3-8H2,1-2H3,(H2,14,17)(H,15,16). The molecule has 0 aliphatic rings. The minimum Gasteiger partial charge on any atom is -0.448 e. The van der Waals surface area contributed by atoms with Crippen LogP contribution < -0.4 is 11.1 Å². The molecule has 0 saturated carbocycles. The number of hydrogen-bond donors (Lipinski definition) is 2. The Morgan fingerprint density at radius 3 is 2.28 bits per heavy atom. The zero-order valence-electron chi connectivity index (χ0n) is 11.0. The number of nitriles is 1. The quantitative estimate of drug-likeness (QED) is 0.638. The molecule has 0 aromatic heterocycles. The predicted octanol–water partition coefficient (Wildman–Crippen LogP) is 1.31.